The molecular weight excluding hydrogens is 1310 g/mol. The number of hydrogen-bond donors (Lipinski definition) is 13. The van der Waals surface area contributed by atoms with Gasteiger partial charge in [-0.25, -0.2) is 13.8 Å². The van der Waals surface area contributed by atoms with Gasteiger partial charge in [-0.15, -0.1) is 0 Å². The zero-order valence-electron chi connectivity index (χ0n) is 53.2. The number of amides is 9. The van der Waals surface area contributed by atoms with Gasteiger partial charge < -0.3 is 73.2 Å². The number of aromatic amines is 3. The number of carbonyl (C=O) groups excluding carboxylic acids is 9. The van der Waals surface area contributed by atoms with Crippen molar-refractivity contribution in [1.82, 2.24) is 67.4 Å². The number of nitrogens with one attached hydrogen (secondary N) is 11. The summed E-state index contributed by atoms with van der Waals surface area (Å²) < 4.78 is 29.7. The number of H-pyrrole nitrogens is 3. The van der Waals surface area contributed by atoms with Crippen LogP contribution in [0.25, 0.3) is 21.8 Å². The molecule has 0 unspecified atom stereocenters. The van der Waals surface area contributed by atoms with Gasteiger partial charge in [-0.1, -0.05) is 29.8 Å². The van der Waals surface area contributed by atoms with Crippen molar-refractivity contribution in [1.29, 1.82) is 0 Å². The average molecular weight is 1390 g/mol. The number of carbonyl (C=O) groups is 9. The van der Waals surface area contributed by atoms with Crippen LogP contribution in [0.5, 0.6) is 5.75 Å². The Labute approximate surface area is 571 Å². The van der Waals surface area contributed by atoms with Gasteiger partial charge in [-0.05, 0) is 134 Å². The van der Waals surface area contributed by atoms with Gasteiger partial charge in [0.25, 0.3) is 0 Å². The lowest BCUT2D eigenvalue weighted by atomic mass is 9.95. The highest BCUT2D eigenvalue weighted by molar-refractivity contribution is 7.98. The highest BCUT2D eigenvalue weighted by Crippen LogP contribution is 2.32. The maximum atomic E-state index is 15.2. The minimum Gasteiger partial charge on any atom is -0.508 e. The Morgan fingerprint density at radius 1 is 0.680 bits per heavy atom. The van der Waals surface area contributed by atoms with Crippen LogP contribution in [0, 0.1) is 11.6 Å². The van der Waals surface area contributed by atoms with Gasteiger partial charge in [-0.3, -0.25) is 48.1 Å². The zero-order chi connectivity index (χ0) is 69.0. The van der Waals surface area contributed by atoms with Crippen LogP contribution < -0.4 is 48.3 Å². The van der Waals surface area contributed by atoms with Gasteiger partial charge >= 0.3 is 0 Å². The van der Waals surface area contributed by atoms with Crippen LogP contribution in [0.15, 0.2) is 109 Å². The molecule has 2 bridgehead atoms. The van der Waals surface area contributed by atoms with Crippen molar-refractivity contribution in [2.75, 3.05) is 44.2 Å². The maximum Gasteiger partial charge on any atom is 0.246 e. The summed E-state index contributed by atoms with van der Waals surface area (Å²) in [6.07, 6.45) is 7.61. The third kappa shape index (κ3) is 20.1. The molecule has 2 aliphatic rings. The summed E-state index contributed by atoms with van der Waals surface area (Å²) in [5.74, 6) is -5.11. The lowest BCUT2D eigenvalue weighted by Gasteiger charge is -2.38. The van der Waals surface area contributed by atoms with Gasteiger partial charge in [-0.2, -0.15) is 23.5 Å². The van der Waals surface area contributed by atoms with Crippen LogP contribution in [0.1, 0.15) is 79.0 Å². The lowest BCUT2D eigenvalue weighted by Crippen LogP contribution is -2.61. The first-order chi connectivity index (χ1) is 46.7. The second kappa shape index (κ2) is 34.6. The first-order valence-electron chi connectivity index (χ1n) is 31.8. The van der Waals surface area contributed by atoms with Crippen molar-refractivity contribution in [3.05, 3.63) is 154 Å². The number of nitrogens with two attached hydrogens (primary N) is 1. The number of aromatic nitrogens is 4. The fourth-order valence-corrected chi connectivity index (χ4v) is 13.8. The minimum atomic E-state index is -1.57. The zero-order valence-corrected chi connectivity index (χ0v) is 55.6. The summed E-state index contributed by atoms with van der Waals surface area (Å²) in [5, 5.41) is 33.0. The number of benzene rings is 4. The number of unbranched alkanes of at least 4 members (excludes halogenated alkanes) is 1. The summed E-state index contributed by atoms with van der Waals surface area (Å²) in [6.45, 7) is 1.11. The van der Waals surface area contributed by atoms with E-state index in [9.17, 15) is 52.2 Å². The Morgan fingerprint density at radius 3 is 1.86 bits per heavy atom. The first-order valence-corrected chi connectivity index (χ1v) is 34.5. The molecule has 3 aromatic heterocycles. The Morgan fingerprint density at radius 2 is 1.26 bits per heavy atom. The number of thioether (sulfide) groups is 2. The molecule has 7 aromatic rings. The van der Waals surface area contributed by atoms with Crippen LogP contribution >= 0.6 is 35.1 Å². The smallest absolute Gasteiger partial charge is 0.246 e. The quantitative estimate of drug-likeness (QED) is 0.0570. The van der Waals surface area contributed by atoms with E-state index < -0.39 is 108 Å². The molecule has 0 saturated carbocycles. The number of imidazole rings is 1. The monoisotopic (exact) mass is 1390 g/mol. The van der Waals surface area contributed by atoms with Crippen LogP contribution in [-0.4, -0.2) is 169 Å². The highest BCUT2D eigenvalue weighted by Gasteiger charge is 2.46. The van der Waals surface area contributed by atoms with E-state index in [1.165, 1.54) is 85.2 Å². The predicted octanol–water partition coefficient (Wildman–Crippen LogP) is 4.16. The van der Waals surface area contributed by atoms with Gasteiger partial charge in [0.05, 0.1) is 31.5 Å². The molecule has 97 heavy (non-hydrogen) atoms. The normalized spacial score (nSPS) is 21.6. The van der Waals surface area contributed by atoms with Crippen molar-refractivity contribution in [3.63, 3.8) is 0 Å². The molecule has 4 aromatic carbocycles. The van der Waals surface area contributed by atoms with Crippen molar-refractivity contribution >= 4 is 116 Å². The second-order valence-electron chi connectivity index (χ2n) is 24.0. The number of aromatic hydroxyl groups is 1. The maximum absolute atomic E-state index is 15.2. The van der Waals surface area contributed by atoms with E-state index in [4.69, 9.17) is 22.3 Å². The molecule has 6 atom stereocenters. The molecule has 0 spiro atoms. The summed E-state index contributed by atoms with van der Waals surface area (Å²) in [5.41, 5.74) is 9.18. The van der Waals surface area contributed by atoms with Gasteiger partial charge in [0.2, 0.25) is 53.7 Å². The third-order valence-corrected chi connectivity index (χ3v) is 19.1. The molecule has 0 aliphatic carbocycles. The van der Waals surface area contributed by atoms with Crippen LogP contribution in [0.4, 0.5) is 8.78 Å². The second-order valence-corrected chi connectivity index (χ2v) is 26.6. The molecule has 9 rings (SSSR count). The predicted molar refractivity (Wildman–Crippen MR) is 366 cm³/mol. The number of fused-ring (bicyclic) bond motifs is 5. The van der Waals surface area contributed by atoms with E-state index in [-0.39, 0.29) is 63.2 Å². The molecule has 1 saturated heterocycles. The SMILES string of the molecule is C[C@@]12CCCN1C(=O)[C@H](Cc1ccc(O)cc1)NC(=O)[C@H](Cc1cnc[nH]1)NC(=O)CNC(=O)[C@H](Cc1c[nH]c3ccc(F)cc13)NC(=O)[C@H](Cc1c[nH]c3ccc(F)cc13)NC(=O)CNC(=O)[C@H](CCCCN)NC(=O)CCSCc1cc(Cl)cc(c1)CSCCN=C2NC=O. The van der Waals surface area contributed by atoms with E-state index in [0.29, 0.717) is 111 Å². The molecule has 2 aliphatic heterocycles. The standard InChI is InChI=1S/C67H78ClF2N15O10S2/c1-67-15-4-18-85(67)65(95)57(24-39-6-10-48(87)11-7-39)84-64(94)56(29-47-32-72-37-78-47)82-60(90)34-77-62(92)54(25-42-30-74-51-12-8-45(69)27-49(42)51)83-63(93)55(26-43-31-75-52-13-9-46(70)28-50(43)52)81-59(89)33-76-61(91)53(5-2-3-16-71)80-58(88)14-19-96-35-40-21-41(23-44(68)22-40)36-97-20-17-73-66(67)79-38-86/h6-13,21-23,27-28,30-32,37-38,53-57,74-75,87H,2-5,14-20,24-26,29,33-36,71H2,1H3,(H,72,78)(H,76,91)(H,77,92)(H,80,88)(H,81,89)(H,82,90)(H,83,93)(H,84,94)(H,73,79,86)/t53-,54-,55-,56-,57-,67-/m0/s1. The van der Waals surface area contributed by atoms with Gasteiger partial charge in [0, 0.05) is 113 Å². The Bertz CT molecular complexity index is 3990. The minimum absolute atomic E-state index is 0.0383. The Hall–Kier alpha value is -9.32. The molecule has 0 radical (unpaired) electrons. The van der Waals surface area contributed by atoms with Crippen LogP contribution in [0.3, 0.4) is 0 Å². The Kier molecular flexibility index (Phi) is 25.6. The Balaban J connectivity index is 1.02. The van der Waals surface area contributed by atoms with E-state index >= 15 is 4.79 Å². The van der Waals surface area contributed by atoms with Crippen molar-refractivity contribution in [2.45, 2.75) is 118 Å². The number of halogens is 3. The molecular formula is C67H78ClF2N15O10S2. The fourth-order valence-electron chi connectivity index (χ4n) is 11.9. The summed E-state index contributed by atoms with van der Waals surface area (Å²) in [4.78, 5) is 147. The molecule has 25 nitrogen and oxygen atoms in total. The van der Waals surface area contributed by atoms with Crippen molar-refractivity contribution in [3.8, 4) is 5.75 Å². The topological polar surface area (TPSA) is 372 Å². The summed E-state index contributed by atoms with van der Waals surface area (Å²) >= 11 is 9.67. The number of amidine groups is 1. The van der Waals surface area contributed by atoms with E-state index in [0.717, 1.165) is 11.1 Å². The van der Waals surface area contributed by atoms with Gasteiger partial charge in [0.1, 0.15) is 53.4 Å². The molecule has 9 amide bonds. The lowest BCUT2D eigenvalue weighted by molar-refractivity contribution is -0.139. The van der Waals surface area contributed by atoms with E-state index in [2.05, 4.69) is 62.5 Å². The largest absolute Gasteiger partial charge is 0.508 e. The number of hydrogen-bond acceptors (Lipinski definition) is 15. The average Bonchev–Trinajstić information content (AvgIpc) is 1.72. The molecule has 14 N–H and O–H groups in total. The van der Waals surface area contributed by atoms with E-state index in [1.54, 1.807) is 35.7 Å². The van der Waals surface area contributed by atoms with E-state index in [1.807, 2.05) is 18.2 Å². The molecule has 5 heterocycles. The fraction of sp³-hybridized carbons (Fsp3) is 0.388. The number of rotatable bonds is 13. The van der Waals surface area contributed by atoms with Crippen molar-refractivity contribution in [2.24, 2.45) is 10.7 Å². The third-order valence-electron chi connectivity index (χ3n) is 16.8. The van der Waals surface area contributed by atoms with Gasteiger partial charge in [0.15, 0.2) is 0 Å². The molecule has 30 heteroatoms. The summed E-state index contributed by atoms with van der Waals surface area (Å²) in [6, 6.07) is 12.8. The number of nitrogens with zero attached hydrogens (tertiary/aromatic N) is 3. The molecule has 514 valence electrons. The van der Waals surface area contributed by atoms with Crippen LogP contribution in [0.2, 0.25) is 5.02 Å². The first kappa shape index (κ1) is 72.0. The highest BCUT2D eigenvalue weighted by atomic mass is 35.5. The number of phenols is 1. The number of phenolic OH excluding ortho intramolecular Hbond substituents is 1. The molecule has 1 fully saturated rings. The summed E-state index contributed by atoms with van der Waals surface area (Å²) in [7, 11) is 0. The van der Waals surface area contributed by atoms with Crippen molar-refractivity contribution < 1.29 is 57.0 Å². The number of aliphatic imine (C=N–C) groups is 1. The van der Waals surface area contributed by atoms with Crippen LogP contribution in [-0.2, 0) is 80.3 Å².